The van der Waals surface area contributed by atoms with E-state index in [2.05, 4.69) is 52.8 Å². The van der Waals surface area contributed by atoms with E-state index in [-0.39, 0.29) is 5.91 Å². The van der Waals surface area contributed by atoms with Gasteiger partial charge in [0, 0.05) is 74.1 Å². The molecule has 2 saturated heterocycles. The van der Waals surface area contributed by atoms with E-state index in [1.165, 1.54) is 12.2 Å². The Morgan fingerprint density at radius 2 is 1.86 bits per heavy atom. The number of allylic oxidation sites excluding steroid dienone is 1. The number of hydrogen-bond acceptors (Lipinski definition) is 7. The van der Waals surface area contributed by atoms with Crippen molar-refractivity contribution < 1.29 is 13.9 Å². The fourth-order valence-corrected chi connectivity index (χ4v) is 6.62. The molecule has 8 nitrogen and oxygen atoms in total. The van der Waals surface area contributed by atoms with E-state index in [1.807, 2.05) is 12.1 Å². The normalized spacial score (nSPS) is 19.5. The Balaban J connectivity index is 1.28. The van der Waals surface area contributed by atoms with Gasteiger partial charge in [0.15, 0.2) is 0 Å². The smallest absolute Gasteiger partial charge is 0.318 e. The van der Waals surface area contributed by atoms with Crippen molar-refractivity contribution in [3.05, 3.63) is 64.8 Å². The van der Waals surface area contributed by atoms with Crippen LogP contribution in [0.15, 0.2) is 48.6 Å². The highest BCUT2D eigenvalue weighted by Crippen LogP contribution is 2.37. The molecule has 222 valence electrons. The van der Waals surface area contributed by atoms with Gasteiger partial charge in [-0.25, -0.2) is 4.39 Å². The number of carbonyl (C=O) groups excluding carboxylic acids is 1. The van der Waals surface area contributed by atoms with Gasteiger partial charge < -0.3 is 19.4 Å². The summed E-state index contributed by atoms with van der Waals surface area (Å²) in [5.74, 6) is 0.743. The van der Waals surface area contributed by atoms with Crippen molar-refractivity contribution in [2.75, 3.05) is 62.3 Å². The number of anilines is 2. The topological polar surface area (TPSA) is 65.0 Å². The van der Waals surface area contributed by atoms with Crippen molar-refractivity contribution in [2.45, 2.75) is 45.3 Å². The van der Waals surface area contributed by atoms with Gasteiger partial charge in [-0.1, -0.05) is 35.9 Å². The fourth-order valence-electron chi connectivity index (χ4n) is 6.34. The van der Waals surface area contributed by atoms with Gasteiger partial charge >= 0.3 is 6.01 Å². The van der Waals surface area contributed by atoms with Gasteiger partial charge in [0.25, 0.3) is 0 Å². The molecule has 3 aliphatic heterocycles. The predicted molar refractivity (Wildman–Crippen MR) is 165 cm³/mol. The molecule has 3 aliphatic rings. The number of likely N-dealkylation sites (tertiary alicyclic amines) is 1. The van der Waals surface area contributed by atoms with E-state index in [4.69, 9.17) is 26.3 Å². The molecule has 0 aliphatic carbocycles. The molecule has 3 aromatic rings. The van der Waals surface area contributed by atoms with E-state index >= 15 is 0 Å². The van der Waals surface area contributed by atoms with E-state index in [1.54, 1.807) is 4.90 Å². The second-order valence-electron chi connectivity index (χ2n) is 11.5. The third kappa shape index (κ3) is 5.77. The standard InChI is InChI=1S/C32H38ClFN6O2/c1-22(2)40-15-11-24(40)21-42-32-35-27-20-39(28-9-4-7-23-6-3-8-26(33)30(23)28)14-12-25(27)31(36-32)38-18-16-37(17-19-38)29(41)10-5-13-34/h3-10,22,24H,11-21H2,1-2H3/b10-5+. The molecule has 0 saturated carbocycles. The van der Waals surface area contributed by atoms with Crippen molar-refractivity contribution in [3.63, 3.8) is 0 Å². The Bertz CT molecular complexity index is 1470. The predicted octanol–water partition coefficient (Wildman–Crippen LogP) is 4.88. The van der Waals surface area contributed by atoms with Gasteiger partial charge in [0.1, 0.15) is 19.1 Å². The summed E-state index contributed by atoms with van der Waals surface area (Å²) in [4.78, 5) is 31.1. The van der Waals surface area contributed by atoms with Gasteiger partial charge in [0.2, 0.25) is 5.91 Å². The first kappa shape index (κ1) is 28.7. The first-order valence-electron chi connectivity index (χ1n) is 14.9. The van der Waals surface area contributed by atoms with Crippen LogP contribution >= 0.6 is 11.6 Å². The third-order valence-electron chi connectivity index (χ3n) is 8.69. The van der Waals surface area contributed by atoms with Crippen LogP contribution in [0.4, 0.5) is 15.9 Å². The third-order valence-corrected chi connectivity index (χ3v) is 9.01. The number of fused-ring (bicyclic) bond motifs is 2. The van der Waals surface area contributed by atoms with Crippen LogP contribution in [0.3, 0.4) is 0 Å². The molecule has 0 N–H and O–H groups in total. The maximum atomic E-state index is 12.5. The summed E-state index contributed by atoms with van der Waals surface area (Å²) in [6.45, 7) is 9.26. The van der Waals surface area contributed by atoms with Gasteiger partial charge in [-0.2, -0.15) is 9.97 Å². The first-order valence-corrected chi connectivity index (χ1v) is 15.3. The van der Waals surface area contributed by atoms with E-state index in [0.29, 0.717) is 57.4 Å². The number of nitrogens with zero attached hydrogens (tertiary/aromatic N) is 6. The summed E-state index contributed by atoms with van der Waals surface area (Å²) in [6, 6.07) is 13.6. The summed E-state index contributed by atoms with van der Waals surface area (Å²) in [6.07, 6.45) is 4.48. The maximum Gasteiger partial charge on any atom is 0.318 e. The van der Waals surface area contributed by atoms with Crippen LogP contribution in [0, 0.1) is 0 Å². The Hall–Kier alpha value is -3.43. The zero-order chi connectivity index (χ0) is 29.2. The number of ether oxygens (including phenoxy) is 1. The average Bonchev–Trinajstić information content (AvgIpc) is 2.98. The minimum Gasteiger partial charge on any atom is -0.462 e. The molecule has 0 spiro atoms. The zero-order valence-electron chi connectivity index (χ0n) is 24.3. The van der Waals surface area contributed by atoms with E-state index < -0.39 is 6.67 Å². The molecular formula is C32H38ClFN6O2. The molecule has 0 radical (unpaired) electrons. The van der Waals surface area contributed by atoms with E-state index in [9.17, 15) is 9.18 Å². The Morgan fingerprint density at radius 3 is 2.57 bits per heavy atom. The van der Waals surface area contributed by atoms with Crippen molar-refractivity contribution in [2.24, 2.45) is 0 Å². The molecule has 1 amide bonds. The zero-order valence-corrected chi connectivity index (χ0v) is 25.1. The molecule has 6 rings (SSSR count). The maximum absolute atomic E-state index is 12.5. The molecular weight excluding hydrogens is 555 g/mol. The fraction of sp³-hybridized carbons (Fsp3) is 0.469. The van der Waals surface area contributed by atoms with Crippen LogP contribution in [-0.2, 0) is 17.8 Å². The van der Waals surface area contributed by atoms with Crippen LogP contribution in [0.2, 0.25) is 5.02 Å². The summed E-state index contributed by atoms with van der Waals surface area (Å²) in [5, 5.41) is 2.91. The van der Waals surface area contributed by atoms with Crippen LogP contribution < -0.4 is 14.5 Å². The molecule has 0 bridgehead atoms. The SMILES string of the molecule is CC(C)N1CCC1COc1nc2c(c(N3CCN(C(=O)/C=C/CF)CC3)n1)CCN(c1cccc3cccc(Cl)c13)C2. The number of benzene rings is 2. The molecule has 42 heavy (non-hydrogen) atoms. The first-order chi connectivity index (χ1) is 20.4. The molecule has 1 aromatic heterocycles. The van der Waals surface area contributed by atoms with Crippen LogP contribution in [0.1, 0.15) is 31.5 Å². The number of carbonyl (C=O) groups is 1. The summed E-state index contributed by atoms with van der Waals surface area (Å²) in [7, 11) is 0. The summed E-state index contributed by atoms with van der Waals surface area (Å²) >= 11 is 6.69. The molecule has 2 aromatic carbocycles. The quantitative estimate of drug-likeness (QED) is 0.345. The van der Waals surface area contributed by atoms with Crippen molar-refractivity contribution in [3.8, 4) is 6.01 Å². The second-order valence-corrected chi connectivity index (χ2v) is 11.9. The molecule has 4 heterocycles. The Labute approximate surface area is 251 Å². The highest BCUT2D eigenvalue weighted by molar-refractivity contribution is 6.36. The van der Waals surface area contributed by atoms with Crippen molar-refractivity contribution >= 4 is 39.8 Å². The van der Waals surface area contributed by atoms with Crippen LogP contribution in [0.5, 0.6) is 6.01 Å². The lowest BCUT2D eigenvalue weighted by Crippen LogP contribution is -2.54. The molecule has 1 atom stereocenters. The minimum absolute atomic E-state index is 0.152. The highest BCUT2D eigenvalue weighted by Gasteiger charge is 2.32. The number of piperazine rings is 1. The van der Waals surface area contributed by atoms with Gasteiger partial charge in [-0.15, -0.1) is 0 Å². The second kappa shape index (κ2) is 12.4. The highest BCUT2D eigenvalue weighted by atomic mass is 35.5. The Morgan fingerprint density at radius 1 is 1.07 bits per heavy atom. The largest absolute Gasteiger partial charge is 0.462 e. The molecule has 10 heteroatoms. The lowest BCUT2D eigenvalue weighted by molar-refractivity contribution is -0.126. The number of amides is 1. The molecule has 2 fully saturated rings. The van der Waals surface area contributed by atoms with Crippen LogP contribution in [-0.4, -0.2) is 90.3 Å². The Kier molecular flexibility index (Phi) is 8.49. The number of aromatic nitrogens is 2. The van der Waals surface area contributed by atoms with Crippen molar-refractivity contribution in [1.29, 1.82) is 0 Å². The lowest BCUT2D eigenvalue weighted by Gasteiger charge is -2.43. The van der Waals surface area contributed by atoms with Gasteiger partial charge in [0.05, 0.1) is 17.3 Å². The van der Waals surface area contributed by atoms with Gasteiger partial charge in [-0.05, 0) is 50.3 Å². The number of rotatable bonds is 8. The van der Waals surface area contributed by atoms with Gasteiger partial charge in [-0.3, -0.25) is 9.69 Å². The summed E-state index contributed by atoms with van der Waals surface area (Å²) < 4.78 is 18.8. The number of hydrogen-bond donors (Lipinski definition) is 0. The minimum atomic E-state index is -0.640. The monoisotopic (exact) mass is 592 g/mol. The van der Waals surface area contributed by atoms with E-state index in [0.717, 1.165) is 64.5 Å². The number of alkyl halides is 1. The number of halogens is 2. The lowest BCUT2D eigenvalue weighted by atomic mass is 10.0. The summed E-state index contributed by atoms with van der Waals surface area (Å²) in [5.41, 5.74) is 3.19. The van der Waals surface area contributed by atoms with Crippen molar-refractivity contribution in [1.82, 2.24) is 19.8 Å². The van der Waals surface area contributed by atoms with Crippen LogP contribution in [0.25, 0.3) is 10.8 Å². The average molecular weight is 593 g/mol. The molecule has 1 unspecified atom stereocenters.